The predicted octanol–water partition coefficient (Wildman–Crippen LogP) is 2.40. The summed E-state index contributed by atoms with van der Waals surface area (Å²) in [5, 5.41) is 0. The van der Waals surface area contributed by atoms with Crippen molar-refractivity contribution in [3.8, 4) is 5.75 Å². The quantitative estimate of drug-likeness (QED) is 0.886. The number of thiophene rings is 1. The van der Waals surface area contributed by atoms with E-state index in [0.29, 0.717) is 16.3 Å². The van der Waals surface area contributed by atoms with E-state index in [2.05, 4.69) is 15.9 Å². The minimum Gasteiger partial charge on any atom is -0.477 e. The van der Waals surface area contributed by atoms with Crippen molar-refractivity contribution in [3.63, 3.8) is 0 Å². The van der Waals surface area contributed by atoms with Gasteiger partial charge in [-0.3, -0.25) is 14.5 Å². The Morgan fingerprint density at radius 1 is 1.29 bits per heavy atom. The topological polar surface area (TPSA) is 72.6 Å². The molecule has 0 saturated carbocycles. The van der Waals surface area contributed by atoms with Crippen LogP contribution in [0.25, 0.3) is 0 Å². The van der Waals surface area contributed by atoms with Gasteiger partial charge in [0.15, 0.2) is 6.10 Å². The lowest BCUT2D eigenvalue weighted by Crippen LogP contribution is -2.49. The maximum absolute atomic E-state index is 12.7. The fraction of sp³-hybridized carbons (Fsp3) is 0.143. The molecule has 1 atom stereocenters. The van der Waals surface area contributed by atoms with Crippen molar-refractivity contribution in [2.45, 2.75) is 6.10 Å². The molecule has 108 valence electrons. The molecule has 1 aliphatic heterocycles. The molecule has 7 heteroatoms. The van der Waals surface area contributed by atoms with Gasteiger partial charge in [-0.05, 0) is 40.2 Å². The number of hydrogen-bond acceptors (Lipinski definition) is 4. The van der Waals surface area contributed by atoms with E-state index in [0.717, 1.165) is 3.79 Å². The third kappa shape index (κ3) is 2.66. The highest BCUT2D eigenvalue weighted by atomic mass is 79.9. The van der Waals surface area contributed by atoms with Gasteiger partial charge >= 0.3 is 0 Å². The lowest BCUT2D eigenvalue weighted by atomic mass is 10.1. The van der Waals surface area contributed by atoms with Crippen LogP contribution in [0.1, 0.15) is 9.67 Å². The summed E-state index contributed by atoms with van der Waals surface area (Å²) >= 11 is 4.68. The number of benzene rings is 1. The molecule has 1 unspecified atom stereocenters. The summed E-state index contributed by atoms with van der Waals surface area (Å²) in [5.74, 6) is -0.279. The van der Waals surface area contributed by atoms with Gasteiger partial charge in [-0.1, -0.05) is 12.1 Å². The molecule has 21 heavy (non-hydrogen) atoms. The highest BCUT2D eigenvalue weighted by Gasteiger charge is 2.33. The third-order valence-electron chi connectivity index (χ3n) is 3.12. The largest absolute Gasteiger partial charge is 0.477 e. The van der Waals surface area contributed by atoms with E-state index in [9.17, 15) is 9.59 Å². The first kappa shape index (κ1) is 14.1. The van der Waals surface area contributed by atoms with Gasteiger partial charge in [0.2, 0.25) is 0 Å². The van der Waals surface area contributed by atoms with Gasteiger partial charge in [0.25, 0.3) is 11.8 Å². The van der Waals surface area contributed by atoms with Crippen molar-refractivity contribution in [1.82, 2.24) is 0 Å². The fourth-order valence-electron chi connectivity index (χ4n) is 2.14. The second-order valence-electron chi connectivity index (χ2n) is 4.50. The second-order valence-corrected chi connectivity index (χ2v) is 6.96. The molecule has 0 radical (unpaired) electrons. The number of carbonyl (C=O) groups is 2. The summed E-state index contributed by atoms with van der Waals surface area (Å²) in [6.07, 6.45) is -0.841. The van der Waals surface area contributed by atoms with Crippen LogP contribution in [0.2, 0.25) is 0 Å². The van der Waals surface area contributed by atoms with Crippen LogP contribution in [0.15, 0.2) is 40.2 Å². The summed E-state index contributed by atoms with van der Waals surface area (Å²) in [4.78, 5) is 26.2. The Kier molecular flexibility index (Phi) is 3.69. The minimum atomic E-state index is -0.841. The smallest absolute Gasteiger partial charge is 0.268 e. The van der Waals surface area contributed by atoms with E-state index in [-0.39, 0.29) is 12.5 Å². The zero-order valence-electron chi connectivity index (χ0n) is 10.8. The Morgan fingerprint density at radius 3 is 2.71 bits per heavy atom. The van der Waals surface area contributed by atoms with Crippen LogP contribution in [0.4, 0.5) is 5.69 Å². The first-order chi connectivity index (χ1) is 10.1. The van der Waals surface area contributed by atoms with E-state index in [4.69, 9.17) is 10.5 Å². The summed E-state index contributed by atoms with van der Waals surface area (Å²) < 4.78 is 6.41. The molecule has 1 aliphatic rings. The van der Waals surface area contributed by atoms with Crippen molar-refractivity contribution in [2.24, 2.45) is 5.73 Å². The van der Waals surface area contributed by atoms with E-state index in [1.54, 1.807) is 24.3 Å². The zero-order valence-corrected chi connectivity index (χ0v) is 13.2. The van der Waals surface area contributed by atoms with Gasteiger partial charge in [0.1, 0.15) is 5.75 Å². The zero-order chi connectivity index (χ0) is 15.0. The number of nitrogens with two attached hydrogens (primary N) is 1. The van der Waals surface area contributed by atoms with Crippen molar-refractivity contribution < 1.29 is 14.3 Å². The number of anilines is 1. The van der Waals surface area contributed by atoms with Crippen LogP contribution in [-0.2, 0) is 4.79 Å². The van der Waals surface area contributed by atoms with E-state index in [1.165, 1.54) is 16.2 Å². The normalized spacial score (nSPS) is 17.0. The molecule has 0 fully saturated rings. The van der Waals surface area contributed by atoms with Crippen LogP contribution in [-0.4, -0.2) is 24.5 Å². The first-order valence-corrected chi connectivity index (χ1v) is 7.79. The van der Waals surface area contributed by atoms with Crippen LogP contribution in [0.3, 0.4) is 0 Å². The Morgan fingerprint density at radius 2 is 2.05 bits per heavy atom. The van der Waals surface area contributed by atoms with Gasteiger partial charge in [0.05, 0.1) is 20.9 Å². The van der Waals surface area contributed by atoms with Gasteiger partial charge in [0, 0.05) is 0 Å². The molecule has 0 spiro atoms. The summed E-state index contributed by atoms with van der Waals surface area (Å²) in [7, 11) is 0. The van der Waals surface area contributed by atoms with Crippen molar-refractivity contribution in [2.75, 3.05) is 11.4 Å². The molecule has 2 heterocycles. The van der Waals surface area contributed by atoms with Crippen molar-refractivity contribution >= 4 is 44.8 Å². The molecule has 2 amide bonds. The SMILES string of the molecule is NC(=O)C1CN(C(=O)c2ccc(Br)s2)c2ccccc2O1. The lowest BCUT2D eigenvalue weighted by molar-refractivity contribution is -0.124. The second kappa shape index (κ2) is 5.50. The molecule has 0 saturated heterocycles. The average Bonchev–Trinajstić information content (AvgIpc) is 2.92. The number of nitrogens with zero attached hydrogens (tertiary/aromatic N) is 1. The first-order valence-electron chi connectivity index (χ1n) is 6.18. The van der Waals surface area contributed by atoms with E-state index >= 15 is 0 Å². The number of carbonyl (C=O) groups excluding carboxylic acids is 2. The summed E-state index contributed by atoms with van der Waals surface area (Å²) in [5.41, 5.74) is 5.97. The van der Waals surface area contributed by atoms with Crippen molar-refractivity contribution in [3.05, 3.63) is 45.1 Å². The fourth-order valence-corrected chi connectivity index (χ4v) is 3.47. The number of primary amides is 1. The van der Waals surface area contributed by atoms with E-state index in [1.807, 2.05) is 12.1 Å². The number of para-hydroxylation sites is 2. The van der Waals surface area contributed by atoms with Gasteiger partial charge in [-0.2, -0.15) is 0 Å². The van der Waals surface area contributed by atoms with Crippen molar-refractivity contribution in [1.29, 1.82) is 0 Å². The molecule has 5 nitrogen and oxygen atoms in total. The van der Waals surface area contributed by atoms with Gasteiger partial charge < -0.3 is 10.5 Å². The number of amides is 2. The number of halogens is 1. The maximum Gasteiger partial charge on any atom is 0.268 e. The lowest BCUT2D eigenvalue weighted by Gasteiger charge is -2.33. The average molecular weight is 367 g/mol. The minimum absolute atomic E-state index is 0.112. The number of ether oxygens (including phenoxy) is 1. The van der Waals surface area contributed by atoms with Gasteiger partial charge in [-0.15, -0.1) is 11.3 Å². The molecule has 1 aromatic heterocycles. The van der Waals surface area contributed by atoms with E-state index < -0.39 is 12.0 Å². The maximum atomic E-state index is 12.7. The number of rotatable bonds is 2. The molecule has 3 rings (SSSR count). The molecule has 2 N–H and O–H groups in total. The Labute approximate surface area is 133 Å². The van der Waals surface area contributed by atoms with Crippen LogP contribution >= 0.6 is 27.3 Å². The Bertz CT molecular complexity index is 716. The molecule has 0 bridgehead atoms. The number of fused-ring (bicyclic) bond motifs is 1. The molecular formula is C14H11BrN2O3S. The summed E-state index contributed by atoms with van der Waals surface area (Å²) in [6.45, 7) is 0.112. The van der Waals surface area contributed by atoms with Crippen LogP contribution in [0.5, 0.6) is 5.75 Å². The monoisotopic (exact) mass is 366 g/mol. The number of hydrogen-bond donors (Lipinski definition) is 1. The van der Waals surface area contributed by atoms with Crippen LogP contribution in [0, 0.1) is 0 Å². The Hall–Kier alpha value is -1.86. The predicted molar refractivity (Wildman–Crippen MR) is 83.7 cm³/mol. The van der Waals surface area contributed by atoms with Gasteiger partial charge in [-0.25, -0.2) is 0 Å². The summed E-state index contributed by atoms with van der Waals surface area (Å²) in [6, 6.07) is 10.7. The van der Waals surface area contributed by atoms with Crippen LogP contribution < -0.4 is 15.4 Å². The highest BCUT2D eigenvalue weighted by Crippen LogP contribution is 2.35. The molecule has 1 aromatic carbocycles. The Balaban J connectivity index is 2.00. The molecule has 0 aliphatic carbocycles. The molecular weight excluding hydrogens is 356 g/mol. The highest BCUT2D eigenvalue weighted by molar-refractivity contribution is 9.11. The molecule has 2 aromatic rings. The third-order valence-corrected chi connectivity index (χ3v) is 4.73. The standard InChI is InChI=1S/C14H11BrN2O3S/c15-12-6-5-11(21-12)14(19)17-7-10(13(16)18)20-9-4-2-1-3-8(9)17/h1-6,10H,7H2,(H2,16,18).